The molecule has 1 aromatic carbocycles. The molecule has 1 fully saturated rings. The minimum atomic E-state index is -0.0513. The van der Waals surface area contributed by atoms with Crippen molar-refractivity contribution in [3.63, 3.8) is 0 Å². The van der Waals surface area contributed by atoms with Gasteiger partial charge in [0.25, 0.3) is 5.91 Å². The second kappa shape index (κ2) is 14.0. The van der Waals surface area contributed by atoms with E-state index >= 15 is 0 Å². The molecule has 0 spiro atoms. The van der Waals surface area contributed by atoms with Crippen LogP contribution in [0.15, 0.2) is 76.8 Å². The fraction of sp³-hybridized carbons (Fsp3) is 0.382. The van der Waals surface area contributed by atoms with E-state index in [9.17, 15) is 4.79 Å². The predicted octanol–water partition coefficient (Wildman–Crippen LogP) is 7.15. The van der Waals surface area contributed by atoms with E-state index < -0.39 is 0 Å². The number of likely N-dealkylation sites (N-methyl/N-ethyl adjacent to an activating group) is 1. The number of piperazine rings is 1. The van der Waals surface area contributed by atoms with Gasteiger partial charge in [0.2, 0.25) is 0 Å². The molecule has 3 aromatic rings. The van der Waals surface area contributed by atoms with Crippen molar-refractivity contribution in [3.8, 4) is 11.1 Å². The zero-order chi connectivity index (χ0) is 30.3. The largest absolute Gasteiger partial charge is 0.368 e. The summed E-state index contributed by atoms with van der Waals surface area (Å²) in [6, 6.07) is 14.5. The number of thioether (sulfide) groups is 1. The lowest BCUT2D eigenvalue weighted by Crippen LogP contribution is -2.44. The lowest BCUT2D eigenvalue weighted by atomic mass is 9.96. The van der Waals surface area contributed by atoms with E-state index in [-0.39, 0.29) is 11.3 Å². The van der Waals surface area contributed by atoms with Crippen LogP contribution >= 0.6 is 11.8 Å². The zero-order valence-corrected chi connectivity index (χ0v) is 26.8. The summed E-state index contributed by atoms with van der Waals surface area (Å²) in [5.41, 5.74) is 5.52. The van der Waals surface area contributed by atoms with Gasteiger partial charge in [-0.25, -0.2) is 9.97 Å². The Bertz CT molecular complexity index is 1430. The molecule has 2 aromatic heterocycles. The third-order valence-electron chi connectivity index (χ3n) is 7.45. The maximum Gasteiger partial charge on any atom is 0.257 e. The number of anilines is 3. The molecule has 222 valence electrons. The normalized spacial score (nSPS) is 15.1. The minimum absolute atomic E-state index is 0.00551. The molecule has 0 atom stereocenters. The fourth-order valence-electron chi connectivity index (χ4n) is 4.86. The molecule has 0 bridgehead atoms. The highest BCUT2D eigenvalue weighted by molar-refractivity contribution is 8.07. The number of aryl methyl sites for hydroxylation is 1. The number of nitrogens with one attached hydrogen (secondary N) is 2. The summed E-state index contributed by atoms with van der Waals surface area (Å²) >= 11 is 1.54. The van der Waals surface area contributed by atoms with E-state index in [2.05, 4.69) is 95.5 Å². The molecule has 42 heavy (non-hydrogen) atoms. The van der Waals surface area contributed by atoms with Crippen molar-refractivity contribution in [1.82, 2.24) is 20.2 Å². The van der Waals surface area contributed by atoms with Crippen LogP contribution in [0.4, 0.5) is 17.3 Å². The topological polar surface area (TPSA) is 73.4 Å². The van der Waals surface area contributed by atoms with Crippen LogP contribution < -0.4 is 15.5 Å². The van der Waals surface area contributed by atoms with E-state index in [0.717, 1.165) is 65.8 Å². The van der Waals surface area contributed by atoms with Crippen LogP contribution in [0.5, 0.6) is 0 Å². The average molecular weight is 585 g/mol. The summed E-state index contributed by atoms with van der Waals surface area (Å²) in [4.78, 5) is 28.7. The molecule has 1 aliphatic heterocycles. The van der Waals surface area contributed by atoms with Gasteiger partial charge >= 0.3 is 0 Å². The van der Waals surface area contributed by atoms with Gasteiger partial charge in [0, 0.05) is 38.9 Å². The molecule has 1 aliphatic rings. The second-order valence-electron chi connectivity index (χ2n) is 11.7. The molecule has 0 unspecified atom stereocenters. The molecule has 1 amide bonds. The molecule has 0 aliphatic carbocycles. The Labute approximate surface area is 255 Å². The Balaban J connectivity index is 1.38. The third kappa shape index (κ3) is 8.23. The number of benzene rings is 1. The quantitative estimate of drug-likeness (QED) is 0.259. The SMILES string of the molecule is C/C=C(\S/C(=C/C)C(C)(C)C)C(=O)NCc1ccc(-c2ccnc(Nc3ccc(N4CCN(C)CC4)cn3)c2)cc1C. The Morgan fingerprint density at radius 2 is 1.69 bits per heavy atom. The molecule has 8 heteroatoms. The van der Waals surface area contributed by atoms with Gasteiger partial charge in [-0.1, -0.05) is 62.9 Å². The number of hydrogen-bond acceptors (Lipinski definition) is 7. The molecule has 0 radical (unpaired) electrons. The van der Waals surface area contributed by atoms with Crippen molar-refractivity contribution in [3.05, 3.63) is 87.9 Å². The number of rotatable bonds is 9. The van der Waals surface area contributed by atoms with E-state index in [1.807, 2.05) is 50.5 Å². The smallest absolute Gasteiger partial charge is 0.257 e. The summed E-state index contributed by atoms with van der Waals surface area (Å²) in [5, 5.41) is 6.45. The van der Waals surface area contributed by atoms with E-state index in [0.29, 0.717) is 11.4 Å². The second-order valence-corrected chi connectivity index (χ2v) is 12.8. The average Bonchev–Trinajstić information content (AvgIpc) is 2.97. The molecule has 4 rings (SSSR count). The van der Waals surface area contributed by atoms with Crippen LogP contribution in [0.3, 0.4) is 0 Å². The van der Waals surface area contributed by atoms with Crippen LogP contribution in [0, 0.1) is 12.3 Å². The highest BCUT2D eigenvalue weighted by Crippen LogP contribution is 2.38. The van der Waals surface area contributed by atoms with E-state index in [1.165, 1.54) is 4.91 Å². The van der Waals surface area contributed by atoms with Gasteiger partial charge in [-0.15, -0.1) is 0 Å². The number of amides is 1. The van der Waals surface area contributed by atoms with Crippen LogP contribution in [-0.2, 0) is 11.3 Å². The molecule has 2 N–H and O–H groups in total. The maximum absolute atomic E-state index is 13.0. The number of allylic oxidation sites excluding steroid dienone is 3. The van der Waals surface area contributed by atoms with E-state index in [4.69, 9.17) is 0 Å². The molecule has 7 nitrogen and oxygen atoms in total. The Morgan fingerprint density at radius 3 is 2.31 bits per heavy atom. The Morgan fingerprint density at radius 1 is 0.952 bits per heavy atom. The van der Waals surface area contributed by atoms with Gasteiger partial charge in [0.1, 0.15) is 11.6 Å². The van der Waals surface area contributed by atoms with Crippen LogP contribution in [0.25, 0.3) is 11.1 Å². The number of carbonyl (C=O) groups excluding carboxylic acids is 1. The summed E-state index contributed by atoms with van der Waals surface area (Å²) in [7, 11) is 2.16. The number of hydrogen-bond donors (Lipinski definition) is 2. The first kappa shape index (κ1) is 31.3. The lowest BCUT2D eigenvalue weighted by Gasteiger charge is -2.33. The van der Waals surface area contributed by atoms with Gasteiger partial charge in [0.05, 0.1) is 16.8 Å². The Kier molecular flexibility index (Phi) is 10.5. The molecular formula is C34H44N6OS. The standard InChI is InChI=1S/C34H44N6OS/c1-8-29(42-30(9-2)34(4,5)6)33(41)37-22-27-11-10-25(20-24(27)3)26-14-15-35-32(21-26)38-31-13-12-28(23-36-31)40-18-16-39(7)17-19-40/h8-15,20-21,23H,16-19,22H2,1-7H3,(H,37,41)(H,35,36,38)/b29-8-,30-9+. The van der Waals surface area contributed by atoms with Gasteiger partial charge < -0.3 is 20.4 Å². The van der Waals surface area contributed by atoms with Gasteiger partial charge in [0.15, 0.2) is 0 Å². The van der Waals surface area contributed by atoms with Crippen LogP contribution in [0.2, 0.25) is 0 Å². The lowest BCUT2D eigenvalue weighted by molar-refractivity contribution is -0.116. The number of nitrogens with zero attached hydrogens (tertiary/aromatic N) is 4. The molecule has 1 saturated heterocycles. The van der Waals surface area contributed by atoms with E-state index in [1.54, 1.807) is 11.8 Å². The monoisotopic (exact) mass is 584 g/mol. The first-order chi connectivity index (χ1) is 20.1. The van der Waals surface area contributed by atoms with Crippen molar-refractivity contribution in [1.29, 1.82) is 0 Å². The minimum Gasteiger partial charge on any atom is -0.368 e. The summed E-state index contributed by atoms with van der Waals surface area (Å²) < 4.78 is 0. The van der Waals surface area contributed by atoms with Crippen LogP contribution in [0.1, 0.15) is 45.7 Å². The van der Waals surface area contributed by atoms with Crippen molar-refractivity contribution in [2.45, 2.75) is 48.1 Å². The number of aromatic nitrogens is 2. The van der Waals surface area contributed by atoms with Crippen LogP contribution in [-0.4, -0.2) is 54.0 Å². The van der Waals surface area contributed by atoms with Gasteiger partial charge in [-0.05, 0) is 84.7 Å². The van der Waals surface area contributed by atoms with Gasteiger partial charge in [-0.2, -0.15) is 0 Å². The summed E-state index contributed by atoms with van der Waals surface area (Å²) in [5.74, 6) is 1.46. The molecule has 0 saturated carbocycles. The Hall–Kier alpha value is -3.62. The van der Waals surface area contributed by atoms with Crippen molar-refractivity contribution < 1.29 is 4.79 Å². The predicted molar refractivity (Wildman–Crippen MR) is 178 cm³/mol. The third-order valence-corrected chi connectivity index (χ3v) is 9.16. The zero-order valence-electron chi connectivity index (χ0n) is 26.0. The molecule has 3 heterocycles. The fourth-order valence-corrected chi connectivity index (χ4v) is 5.80. The first-order valence-corrected chi connectivity index (χ1v) is 15.4. The van der Waals surface area contributed by atoms with Crippen molar-refractivity contribution in [2.75, 3.05) is 43.4 Å². The van der Waals surface area contributed by atoms with Gasteiger partial charge in [-0.3, -0.25) is 4.79 Å². The summed E-state index contributed by atoms with van der Waals surface area (Å²) in [6.45, 7) is 17.2. The summed E-state index contributed by atoms with van der Waals surface area (Å²) in [6.07, 6.45) is 7.72. The molecular weight excluding hydrogens is 540 g/mol. The first-order valence-electron chi connectivity index (χ1n) is 14.6. The van der Waals surface area contributed by atoms with Crippen molar-refractivity contribution in [2.24, 2.45) is 5.41 Å². The highest BCUT2D eigenvalue weighted by atomic mass is 32.2. The number of carbonyl (C=O) groups is 1. The number of pyridine rings is 2. The van der Waals surface area contributed by atoms with Crippen molar-refractivity contribution >= 4 is 35.0 Å². The maximum atomic E-state index is 13.0. The highest BCUT2D eigenvalue weighted by Gasteiger charge is 2.21.